The monoisotopic (exact) mass is 281 g/mol. The number of nitrogens with zero attached hydrogens (tertiary/aromatic N) is 3. The van der Waals surface area contributed by atoms with E-state index in [0.717, 1.165) is 13.0 Å². The minimum Gasteiger partial charge on any atom is -0.378 e. The maximum absolute atomic E-state index is 11.1. The smallest absolute Gasteiger partial charge is 0.332 e. The van der Waals surface area contributed by atoms with Crippen molar-refractivity contribution < 1.29 is 9.66 Å². The van der Waals surface area contributed by atoms with Gasteiger partial charge in [0.2, 0.25) is 11.8 Å². The fraction of sp³-hybridized carbons (Fsp3) is 0.667. The molecule has 2 unspecified atom stereocenters. The van der Waals surface area contributed by atoms with E-state index in [2.05, 4.69) is 20.6 Å². The molecule has 0 spiro atoms. The van der Waals surface area contributed by atoms with Crippen molar-refractivity contribution in [2.45, 2.75) is 26.4 Å². The van der Waals surface area contributed by atoms with E-state index < -0.39 is 4.92 Å². The van der Waals surface area contributed by atoms with Gasteiger partial charge in [-0.1, -0.05) is 0 Å². The highest BCUT2D eigenvalue weighted by molar-refractivity contribution is 5.60. The molecule has 0 radical (unpaired) electrons. The number of hydrogen-bond acceptors (Lipinski definition) is 7. The summed E-state index contributed by atoms with van der Waals surface area (Å²) in [5, 5.41) is 17.0. The number of anilines is 2. The lowest BCUT2D eigenvalue weighted by Crippen LogP contribution is -2.22. The van der Waals surface area contributed by atoms with Gasteiger partial charge in [0, 0.05) is 26.1 Å². The molecule has 8 heteroatoms. The maximum Gasteiger partial charge on any atom is 0.332 e. The molecule has 20 heavy (non-hydrogen) atoms. The molecule has 1 fully saturated rings. The summed E-state index contributed by atoms with van der Waals surface area (Å²) >= 11 is 0. The van der Waals surface area contributed by atoms with Crippen molar-refractivity contribution in [1.82, 2.24) is 9.97 Å². The average molecular weight is 281 g/mol. The highest BCUT2D eigenvalue weighted by atomic mass is 16.6. The molecule has 2 heterocycles. The number of aryl methyl sites for hydroxylation is 1. The Bertz CT molecular complexity index is 508. The van der Waals surface area contributed by atoms with Gasteiger partial charge in [-0.05, 0) is 20.3 Å². The minimum atomic E-state index is -0.453. The first-order valence-corrected chi connectivity index (χ1v) is 6.59. The third kappa shape index (κ3) is 2.96. The Kier molecular flexibility index (Phi) is 4.33. The number of nitrogens with one attached hydrogen (secondary N) is 2. The molecular formula is C12H19N5O3. The Morgan fingerprint density at radius 3 is 2.80 bits per heavy atom. The van der Waals surface area contributed by atoms with Crippen molar-refractivity contribution >= 4 is 17.5 Å². The molecule has 110 valence electrons. The predicted octanol–water partition coefficient (Wildman–Crippen LogP) is 1.57. The van der Waals surface area contributed by atoms with E-state index in [1.807, 2.05) is 6.92 Å². The summed E-state index contributed by atoms with van der Waals surface area (Å²) in [5.41, 5.74) is 0.267. The molecule has 2 N–H and O–H groups in total. The Labute approximate surface area is 117 Å². The van der Waals surface area contributed by atoms with Gasteiger partial charge in [-0.3, -0.25) is 10.1 Å². The third-order valence-corrected chi connectivity index (χ3v) is 3.53. The molecule has 8 nitrogen and oxygen atoms in total. The normalized spacial score (nSPS) is 21.8. The maximum atomic E-state index is 11.1. The van der Waals surface area contributed by atoms with E-state index in [1.165, 1.54) is 0 Å². The highest BCUT2D eigenvalue weighted by Gasteiger charge is 2.26. The van der Waals surface area contributed by atoms with Crippen LogP contribution in [0.15, 0.2) is 0 Å². The third-order valence-electron chi connectivity index (χ3n) is 3.53. The van der Waals surface area contributed by atoms with Gasteiger partial charge in [0.15, 0.2) is 0 Å². The molecule has 1 aliphatic rings. The molecule has 0 aromatic carbocycles. The SMILES string of the molecule is CNc1nc(C)c([N+](=O)[O-])c(NCC2CCOC2C)n1. The van der Waals surface area contributed by atoms with Crippen LogP contribution in [0.2, 0.25) is 0 Å². The largest absolute Gasteiger partial charge is 0.378 e. The van der Waals surface area contributed by atoms with Crippen LogP contribution in [0.4, 0.5) is 17.5 Å². The summed E-state index contributed by atoms with van der Waals surface area (Å²) in [4.78, 5) is 18.9. The van der Waals surface area contributed by atoms with Gasteiger partial charge in [0.1, 0.15) is 5.69 Å². The second-order valence-electron chi connectivity index (χ2n) is 4.84. The Balaban J connectivity index is 2.20. The van der Waals surface area contributed by atoms with Crippen molar-refractivity contribution in [2.75, 3.05) is 30.8 Å². The van der Waals surface area contributed by atoms with Crippen molar-refractivity contribution in [2.24, 2.45) is 5.92 Å². The fourth-order valence-corrected chi connectivity index (χ4v) is 2.29. The van der Waals surface area contributed by atoms with E-state index in [-0.39, 0.29) is 17.6 Å². The molecule has 0 bridgehead atoms. The lowest BCUT2D eigenvalue weighted by molar-refractivity contribution is -0.385. The van der Waals surface area contributed by atoms with Crippen LogP contribution in [0.25, 0.3) is 0 Å². The summed E-state index contributed by atoms with van der Waals surface area (Å²) in [6.07, 6.45) is 1.11. The summed E-state index contributed by atoms with van der Waals surface area (Å²) in [6, 6.07) is 0. The van der Waals surface area contributed by atoms with Crippen LogP contribution in [0.3, 0.4) is 0 Å². The van der Waals surface area contributed by atoms with Crippen LogP contribution in [0.1, 0.15) is 19.0 Å². The Hall–Kier alpha value is -1.96. The Morgan fingerprint density at radius 2 is 2.25 bits per heavy atom. The van der Waals surface area contributed by atoms with Gasteiger partial charge < -0.3 is 15.4 Å². The molecule has 0 saturated carbocycles. The topological polar surface area (TPSA) is 102 Å². The summed E-state index contributed by atoms with van der Waals surface area (Å²) in [6.45, 7) is 4.95. The lowest BCUT2D eigenvalue weighted by Gasteiger charge is -2.15. The van der Waals surface area contributed by atoms with Gasteiger partial charge in [-0.15, -0.1) is 0 Å². The highest BCUT2D eigenvalue weighted by Crippen LogP contribution is 2.28. The van der Waals surface area contributed by atoms with Gasteiger partial charge in [0.25, 0.3) is 0 Å². The summed E-state index contributed by atoms with van der Waals surface area (Å²) in [7, 11) is 1.68. The second kappa shape index (κ2) is 6.00. The van der Waals surface area contributed by atoms with Crippen LogP contribution >= 0.6 is 0 Å². The van der Waals surface area contributed by atoms with Crippen molar-refractivity contribution in [3.63, 3.8) is 0 Å². The van der Waals surface area contributed by atoms with Crippen LogP contribution < -0.4 is 10.6 Å². The Morgan fingerprint density at radius 1 is 1.50 bits per heavy atom. The first-order valence-electron chi connectivity index (χ1n) is 6.59. The molecule has 0 amide bonds. The molecule has 1 saturated heterocycles. The van der Waals surface area contributed by atoms with Crippen molar-refractivity contribution in [1.29, 1.82) is 0 Å². The van der Waals surface area contributed by atoms with Gasteiger partial charge in [0.05, 0.1) is 11.0 Å². The molecule has 1 aromatic rings. The van der Waals surface area contributed by atoms with Gasteiger partial charge >= 0.3 is 5.69 Å². The van der Waals surface area contributed by atoms with Crippen molar-refractivity contribution in [3.05, 3.63) is 15.8 Å². The predicted molar refractivity (Wildman–Crippen MR) is 75.0 cm³/mol. The zero-order valence-corrected chi connectivity index (χ0v) is 11.8. The lowest BCUT2D eigenvalue weighted by atomic mass is 10.0. The number of nitro groups is 1. The molecule has 0 aliphatic carbocycles. The van der Waals surface area contributed by atoms with E-state index in [0.29, 0.717) is 24.1 Å². The minimum absolute atomic E-state index is 0.0735. The van der Waals surface area contributed by atoms with Crippen LogP contribution in [-0.2, 0) is 4.74 Å². The quantitative estimate of drug-likeness (QED) is 0.623. The van der Waals surface area contributed by atoms with E-state index >= 15 is 0 Å². The molecule has 2 rings (SSSR count). The standard InChI is InChI=1S/C12H19N5O3/c1-7-10(17(18)19)11(16-12(13-3)15-7)14-6-9-4-5-20-8(9)2/h8-9H,4-6H2,1-3H3,(H2,13,14,15,16). The first-order chi connectivity index (χ1) is 9.52. The fourth-order valence-electron chi connectivity index (χ4n) is 2.29. The molecular weight excluding hydrogens is 262 g/mol. The van der Waals surface area contributed by atoms with E-state index in [9.17, 15) is 10.1 Å². The molecule has 1 aromatic heterocycles. The summed E-state index contributed by atoms with van der Waals surface area (Å²) in [5.74, 6) is 0.959. The number of rotatable bonds is 5. The molecule has 2 atom stereocenters. The van der Waals surface area contributed by atoms with Gasteiger partial charge in [-0.2, -0.15) is 4.98 Å². The van der Waals surface area contributed by atoms with Gasteiger partial charge in [-0.25, -0.2) is 4.98 Å². The van der Waals surface area contributed by atoms with Crippen LogP contribution in [0, 0.1) is 23.0 Å². The number of hydrogen-bond donors (Lipinski definition) is 2. The van der Waals surface area contributed by atoms with E-state index in [1.54, 1.807) is 14.0 Å². The zero-order valence-electron chi connectivity index (χ0n) is 11.8. The second-order valence-corrected chi connectivity index (χ2v) is 4.84. The van der Waals surface area contributed by atoms with Crippen LogP contribution in [-0.4, -0.2) is 41.2 Å². The molecule has 1 aliphatic heterocycles. The first kappa shape index (κ1) is 14.4. The van der Waals surface area contributed by atoms with Crippen molar-refractivity contribution in [3.8, 4) is 0 Å². The zero-order chi connectivity index (χ0) is 14.7. The van der Waals surface area contributed by atoms with Crippen LogP contribution in [0.5, 0.6) is 0 Å². The van der Waals surface area contributed by atoms with E-state index in [4.69, 9.17) is 4.74 Å². The summed E-state index contributed by atoms with van der Waals surface area (Å²) < 4.78 is 5.48. The number of ether oxygens (including phenoxy) is 1. The average Bonchev–Trinajstić information content (AvgIpc) is 2.80. The number of aromatic nitrogens is 2.